The van der Waals surface area contributed by atoms with E-state index in [0.717, 1.165) is 6.07 Å². The van der Waals surface area contributed by atoms with E-state index in [2.05, 4.69) is 5.32 Å². The Kier molecular flexibility index (Phi) is 3.60. The second kappa shape index (κ2) is 5.72. The Labute approximate surface area is 129 Å². The molecular formula is C16H10N2O5. The number of carbonyl (C=O) groups is 1. The zero-order valence-corrected chi connectivity index (χ0v) is 11.7. The van der Waals surface area contributed by atoms with Gasteiger partial charge in [-0.3, -0.25) is 19.7 Å². The molecule has 0 radical (unpaired) electrons. The maximum Gasteiger partial charge on any atom is 0.292 e. The van der Waals surface area contributed by atoms with Gasteiger partial charge in [0.15, 0.2) is 11.2 Å². The topological polar surface area (TPSA) is 102 Å². The average molecular weight is 310 g/mol. The Morgan fingerprint density at radius 2 is 1.78 bits per heavy atom. The number of carbonyl (C=O) groups excluding carboxylic acids is 1. The van der Waals surface area contributed by atoms with Crippen LogP contribution in [0.4, 0.5) is 11.4 Å². The van der Waals surface area contributed by atoms with Crippen LogP contribution in [0.5, 0.6) is 0 Å². The lowest BCUT2D eigenvalue weighted by molar-refractivity contribution is -0.383. The molecule has 0 saturated heterocycles. The van der Waals surface area contributed by atoms with Crippen molar-refractivity contribution in [3.63, 3.8) is 0 Å². The summed E-state index contributed by atoms with van der Waals surface area (Å²) in [5.74, 6) is -0.950. The fourth-order valence-electron chi connectivity index (χ4n) is 2.14. The van der Waals surface area contributed by atoms with Crippen molar-refractivity contribution < 1.29 is 14.1 Å². The van der Waals surface area contributed by atoms with Crippen LogP contribution in [0.1, 0.15) is 10.6 Å². The maximum absolute atomic E-state index is 12.2. The van der Waals surface area contributed by atoms with Crippen molar-refractivity contribution in [1.29, 1.82) is 0 Å². The normalized spacial score (nSPS) is 10.4. The zero-order chi connectivity index (χ0) is 16.4. The minimum atomic E-state index is -0.734. The molecule has 0 atom stereocenters. The first-order chi connectivity index (χ1) is 11.1. The smallest absolute Gasteiger partial charge is 0.292 e. The number of hydrogen-bond donors (Lipinski definition) is 1. The number of nitrogens with one attached hydrogen (secondary N) is 1. The molecule has 1 amide bonds. The van der Waals surface area contributed by atoms with Gasteiger partial charge in [-0.2, -0.15) is 0 Å². The number of fused-ring (bicyclic) bond motifs is 1. The van der Waals surface area contributed by atoms with E-state index in [1.807, 2.05) is 0 Å². The van der Waals surface area contributed by atoms with Gasteiger partial charge < -0.3 is 9.73 Å². The molecule has 3 rings (SSSR count). The number of nitro benzene ring substituents is 1. The van der Waals surface area contributed by atoms with Crippen molar-refractivity contribution in [1.82, 2.24) is 0 Å². The molecular weight excluding hydrogens is 300 g/mol. The average Bonchev–Trinajstić information content (AvgIpc) is 2.55. The van der Waals surface area contributed by atoms with Crippen LogP contribution in [0.2, 0.25) is 0 Å². The molecule has 1 heterocycles. The molecule has 0 fully saturated rings. The molecule has 0 saturated carbocycles. The van der Waals surface area contributed by atoms with Gasteiger partial charge in [-0.1, -0.05) is 24.3 Å². The van der Waals surface area contributed by atoms with Gasteiger partial charge in [-0.05, 0) is 18.2 Å². The Bertz CT molecular complexity index is 977. The monoisotopic (exact) mass is 310 g/mol. The molecule has 23 heavy (non-hydrogen) atoms. The van der Waals surface area contributed by atoms with Gasteiger partial charge >= 0.3 is 0 Å². The van der Waals surface area contributed by atoms with Crippen molar-refractivity contribution in [3.05, 3.63) is 80.7 Å². The van der Waals surface area contributed by atoms with Crippen molar-refractivity contribution in [3.8, 4) is 0 Å². The zero-order valence-electron chi connectivity index (χ0n) is 11.7. The second-order valence-electron chi connectivity index (χ2n) is 4.70. The van der Waals surface area contributed by atoms with E-state index in [1.165, 1.54) is 18.2 Å². The number of nitrogens with zero attached hydrogens (tertiary/aromatic N) is 1. The summed E-state index contributed by atoms with van der Waals surface area (Å²) in [6.07, 6.45) is 0. The van der Waals surface area contributed by atoms with Crippen molar-refractivity contribution in [2.75, 3.05) is 5.32 Å². The third-order valence-corrected chi connectivity index (χ3v) is 3.21. The lowest BCUT2D eigenvalue weighted by Crippen LogP contribution is -2.15. The summed E-state index contributed by atoms with van der Waals surface area (Å²) in [7, 11) is 0. The highest BCUT2D eigenvalue weighted by Crippen LogP contribution is 2.24. The molecule has 0 bridgehead atoms. The standard InChI is InChI=1S/C16H10N2O5/c19-13-9-15(23-14-8-4-1-5-10(13)14)16(20)17-11-6-2-3-7-12(11)18(21)22/h1-9H,(H,17,20). The first-order valence-electron chi connectivity index (χ1n) is 6.64. The molecule has 0 aliphatic carbocycles. The highest BCUT2D eigenvalue weighted by molar-refractivity contribution is 6.04. The number of hydrogen-bond acceptors (Lipinski definition) is 5. The van der Waals surface area contributed by atoms with Gasteiger partial charge in [0.25, 0.3) is 11.6 Å². The number of rotatable bonds is 3. The van der Waals surface area contributed by atoms with Crippen LogP contribution in [-0.4, -0.2) is 10.8 Å². The third kappa shape index (κ3) is 2.80. The van der Waals surface area contributed by atoms with Gasteiger partial charge in [-0.15, -0.1) is 0 Å². The predicted molar refractivity (Wildman–Crippen MR) is 83.5 cm³/mol. The van der Waals surface area contributed by atoms with Crippen LogP contribution in [0.15, 0.2) is 63.8 Å². The molecule has 0 aliphatic heterocycles. The summed E-state index contributed by atoms with van der Waals surface area (Å²) >= 11 is 0. The molecule has 2 aromatic carbocycles. The Hall–Kier alpha value is -3.48. The number of nitro groups is 1. The summed E-state index contributed by atoms with van der Waals surface area (Å²) < 4.78 is 5.40. The van der Waals surface area contributed by atoms with Gasteiger partial charge in [0.2, 0.25) is 0 Å². The van der Waals surface area contributed by atoms with E-state index in [1.54, 1.807) is 30.3 Å². The van der Waals surface area contributed by atoms with E-state index in [0.29, 0.717) is 5.39 Å². The largest absolute Gasteiger partial charge is 0.451 e. The predicted octanol–water partition coefficient (Wildman–Crippen LogP) is 2.95. The Morgan fingerprint density at radius 3 is 2.57 bits per heavy atom. The molecule has 0 spiro atoms. The first kappa shape index (κ1) is 14.5. The van der Waals surface area contributed by atoms with Gasteiger partial charge in [0.1, 0.15) is 11.3 Å². The molecule has 0 unspecified atom stereocenters. The molecule has 3 aromatic rings. The summed E-state index contributed by atoms with van der Waals surface area (Å²) in [6.45, 7) is 0. The second-order valence-corrected chi connectivity index (χ2v) is 4.70. The number of amides is 1. The van der Waals surface area contributed by atoms with Crippen LogP contribution < -0.4 is 10.7 Å². The minimum Gasteiger partial charge on any atom is -0.451 e. The molecule has 7 heteroatoms. The van der Waals surface area contributed by atoms with Gasteiger partial charge in [0, 0.05) is 12.1 Å². The maximum atomic E-state index is 12.2. The van der Waals surface area contributed by atoms with E-state index >= 15 is 0 Å². The molecule has 7 nitrogen and oxygen atoms in total. The summed E-state index contributed by atoms with van der Waals surface area (Å²) in [6, 6.07) is 13.3. The van der Waals surface area contributed by atoms with Crippen molar-refractivity contribution >= 4 is 28.3 Å². The van der Waals surface area contributed by atoms with E-state index in [4.69, 9.17) is 4.42 Å². The highest BCUT2D eigenvalue weighted by Gasteiger charge is 2.18. The molecule has 1 aromatic heterocycles. The SMILES string of the molecule is O=C(Nc1ccccc1[N+](=O)[O-])c1cc(=O)c2ccccc2o1. The highest BCUT2D eigenvalue weighted by atomic mass is 16.6. The minimum absolute atomic E-state index is 0.0262. The van der Waals surface area contributed by atoms with E-state index in [-0.39, 0.29) is 28.1 Å². The van der Waals surface area contributed by atoms with Crippen LogP contribution in [0.25, 0.3) is 11.0 Å². The van der Waals surface area contributed by atoms with Crippen molar-refractivity contribution in [2.45, 2.75) is 0 Å². The lowest BCUT2D eigenvalue weighted by Gasteiger charge is -2.06. The number of benzene rings is 2. The first-order valence-corrected chi connectivity index (χ1v) is 6.64. The van der Waals surface area contributed by atoms with Crippen LogP contribution in [-0.2, 0) is 0 Å². The third-order valence-electron chi connectivity index (χ3n) is 3.21. The van der Waals surface area contributed by atoms with Crippen LogP contribution in [0.3, 0.4) is 0 Å². The molecule has 0 aliphatic rings. The molecule has 114 valence electrons. The van der Waals surface area contributed by atoms with E-state index in [9.17, 15) is 19.7 Å². The summed E-state index contributed by atoms with van der Waals surface area (Å²) in [5.41, 5.74) is -0.311. The number of anilines is 1. The van der Waals surface area contributed by atoms with Gasteiger partial charge in [0.05, 0.1) is 10.3 Å². The quantitative estimate of drug-likeness (QED) is 0.592. The molecule has 1 N–H and O–H groups in total. The Balaban J connectivity index is 1.99. The fourth-order valence-corrected chi connectivity index (χ4v) is 2.14. The van der Waals surface area contributed by atoms with Crippen molar-refractivity contribution in [2.24, 2.45) is 0 Å². The van der Waals surface area contributed by atoms with E-state index < -0.39 is 10.8 Å². The van der Waals surface area contributed by atoms with Gasteiger partial charge in [-0.25, -0.2) is 0 Å². The lowest BCUT2D eigenvalue weighted by atomic mass is 10.2. The summed E-state index contributed by atoms with van der Waals surface area (Å²) in [4.78, 5) is 34.5. The summed E-state index contributed by atoms with van der Waals surface area (Å²) in [5, 5.41) is 13.7. The number of para-hydroxylation sites is 3. The fraction of sp³-hybridized carbons (Fsp3) is 0. The van der Waals surface area contributed by atoms with Crippen LogP contribution in [0, 0.1) is 10.1 Å². The van der Waals surface area contributed by atoms with Crippen LogP contribution >= 0.6 is 0 Å². The Morgan fingerprint density at radius 1 is 1.09 bits per heavy atom.